The van der Waals surface area contributed by atoms with Crippen LogP contribution in [0.3, 0.4) is 0 Å². The van der Waals surface area contributed by atoms with Crippen LogP contribution in [0.15, 0.2) is 84.9 Å². The van der Waals surface area contributed by atoms with Crippen LogP contribution in [-0.4, -0.2) is 44.1 Å². The van der Waals surface area contributed by atoms with Crippen LogP contribution < -0.4 is 9.29 Å². The molecule has 5 rings (SSSR count). The Morgan fingerprint density at radius 3 is 1.04 bits per heavy atom. The van der Waals surface area contributed by atoms with Gasteiger partial charge in [0.1, 0.15) is 13.2 Å². The van der Waals surface area contributed by atoms with Gasteiger partial charge in [-0.1, -0.05) is 66.7 Å². The Hall–Kier alpha value is -3.74. The van der Waals surface area contributed by atoms with E-state index in [4.69, 9.17) is 9.68 Å². The first kappa shape index (κ1) is 35.6. The molecule has 0 radical (unpaired) electrons. The van der Waals surface area contributed by atoms with E-state index in [9.17, 15) is 38.4 Å². The van der Waals surface area contributed by atoms with Crippen molar-refractivity contribution in [3.05, 3.63) is 96.1 Å². The smallest absolute Gasteiger partial charge is 0.286 e. The minimum atomic E-state index is -1.89. The second kappa shape index (κ2) is 14.0. The number of benzene rings is 3. The van der Waals surface area contributed by atoms with Crippen molar-refractivity contribution in [2.24, 2.45) is 23.7 Å². The lowest BCUT2D eigenvalue weighted by Crippen LogP contribution is -2.57. The summed E-state index contributed by atoms with van der Waals surface area (Å²) in [6.45, 7) is -0.753. The van der Waals surface area contributed by atoms with Gasteiger partial charge in [0.2, 0.25) is 20.5 Å². The number of quaternary nitrogens is 2. The molecule has 0 saturated carbocycles. The molecule has 16 heteroatoms. The Morgan fingerprint density at radius 2 is 0.771 bits per heavy atom. The Bertz CT molecular complexity index is 1680. The number of carbonyl (C=O) groups excluding carboxylic acids is 8. The van der Waals surface area contributed by atoms with Crippen LogP contribution in [0.5, 0.6) is 0 Å². The molecular formula is C32H26N2O10S4+2. The molecule has 0 aromatic heterocycles. The summed E-state index contributed by atoms with van der Waals surface area (Å²) >= 11 is 15.1. The summed E-state index contributed by atoms with van der Waals surface area (Å²) in [7, 11) is 0. The number of amides is 4. The van der Waals surface area contributed by atoms with E-state index in [0.29, 0.717) is 11.1 Å². The summed E-state index contributed by atoms with van der Waals surface area (Å²) in [5.41, 5.74) is 0.355. The van der Waals surface area contributed by atoms with Crippen molar-refractivity contribution < 1.29 is 48.0 Å². The van der Waals surface area contributed by atoms with Gasteiger partial charge in [0.05, 0.1) is 6.07 Å². The molecule has 3 aromatic rings. The Labute approximate surface area is 295 Å². The van der Waals surface area contributed by atoms with Crippen LogP contribution >= 0.6 is 50.5 Å². The Kier molecular flexibility index (Phi) is 10.4. The number of nitrogens with zero attached hydrogens (tertiary/aromatic N) is 2. The number of hydrogen-bond donors (Lipinski definition) is 4. The second-order valence-electron chi connectivity index (χ2n) is 10.9. The predicted molar refractivity (Wildman–Crippen MR) is 182 cm³/mol. The fourth-order valence-corrected chi connectivity index (χ4v) is 6.89. The minimum absolute atomic E-state index is 0.328. The van der Waals surface area contributed by atoms with Crippen LogP contribution in [0.1, 0.15) is 11.1 Å². The highest BCUT2D eigenvalue weighted by molar-refractivity contribution is 7.97. The molecule has 0 aliphatic carbocycles. The maximum Gasteiger partial charge on any atom is 0.371 e. The summed E-state index contributed by atoms with van der Waals surface area (Å²) in [5.74, 6) is -12.3. The molecule has 4 atom stereocenters. The minimum Gasteiger partial charge on any atom is -0.286 e. The van der Waals surface area contributed by atoms with Crippen LogP contribution in [0.25, 0.3) is 0 Å². The van der Waals surface area contributed by atoms with E-state index in [1.807, 2.05) is 0 Å². The highest BCUT2D eigenvalue weighted by Gasteiger charge is 2.72. The van der Waals surface area contributed by atoms with Crippen LogP contribution in [0.2, 0.25) is 0 Å². The first-order valence-corrected chi connectivity index (χ1v) is 15.9. The van der Waals surface area contributed by atoms with Crippen LogP contribution in [0, 0.1) is 23.7 Å². The number of thiol groups is 4. The van der Waals surface area contributed by atoms with E-state index in [1.54, 1.807) is 60.7 Å². The van der Waals surface area contributed by atoms with Gasteiger partial charge in [-0.05, 0) is 20.4 Å². The average Bonchev–Trinajstić information content (AvgIpc) is 3.44. The van der Waals surface area contributed by atoms with E-state index in [0.717, 1.165) is 6.07 Å². The van der Waals surface area contributed by atoms with Crippen molar-refractivity contribution in [2.75, 3.05) is 0 Å². The normalized spacial score (nSPS) is 26.9. The lowest BCUT2D eigenvalue weighted by Gasteiger charge is -2.29. The molecule has 48 heavy (non-hydrogen) atoms. The molecule has 246 valence electrons. The van der Waals surface area contributed by atoms with Gasteiger partial charge in [-0.25, -0.2) is 19.2 Å². The third kappa shape index (κ3) is 5.92. The molecule has 0 spiro atoms. The molecule has 2 saturated heterocycles. The lowest BCUT2D eigenvalue weighted by atomic mass is 9.98. The maximum absolute atomic E-state index is 14.1. The summed E-state index contributed by atoms with van der Waals surface area (Å²) in [6, 6.07) is 21.6. The van der Waals surface area contributed by atoms with Gasteiger partial charge in [-0.15, -0.1) is 50.5 Å². The molecule has 4 unspecified atom stereocenters. The van der Waals surface area contributed by atoms with Crippen molar-refractivity contribution in [3.63, 3.8) is 0 Å². The van der Waals surface area contributed by atoms with Crippen molar-refractivity contribution in [1.29, 1.82) is 0 Å². The van der Waals surface area contributed by atoms with Gasteiger partial charge in [-0.2, -0.15) is 9.68 Å². The molecule has 0 N–H and O–H groups in total. The fraction of sp³-hybridized carbons (Fsp3) is 0.188. The first-order chi connectivity index (χ1) is 22.8. The van der Waals surface area contributed by atoms with Crippen molar-refractivity contribution >= 4 is 106 Å². The van der Waals surface area contributed by atoms with Gasteiger partial charge in [0, 0.05) is 12.1 Å². The number of rotatable bonds is 12. The molecular weight excluding hydrogens is 701 g/mol. The summed E-state index contributed by atoms with van der Waals surface area (Å²) in [4.78, 5) is 119. The van der Waals surface area contributed by atoms with E-state index in [2.05, 4.69) is 50.5 Å². The zero-order chi connectivity index (χ0) is 35.0. The zero-order valence-corrected chi connectivity index (χ0v) is 28.1. The lowest BCUT2D eigenvalue weighted by molar-refractivity contribution is -0.189. The number of carbonyl (C=O) groups is 8. The van der Waals surface area contributed by atoms with E-state index in [-0.39, 0.29) is 24.6 Å². The monoisotopic (exact) mass is 726 g/mol. The van der Waals surface area contributed by atoms with E-state index in [1.165, 1.54) is 18.2 Å². The quantitative estimate of drug-likeness (QED) is 0.0948. The molecule has 3 aromatic carbocycles. The fourth-order valence-electron chi connectivity index (χ4n) is 5.85. The van der Waals surface area contributed by atoms with Gasteiger partial charge >= 0.3 is 23.6 Å². The number of hydrogen-bond acceptors (Lipinski definition) is 10. The largest absolute Gasteiger partial charge is 0.371 e. The maximum atomic E-state index is 14.1. The summed E-state index contributed by atoms with van der Waals surface area (Å²) < 4.78 is -3.33. The number of hydroxylamine groups is 4. The molecule has 4 amide bonds. The standard InChI is InChI=1S/C32H24N2O10S4/c35-25-21(29(39)45)22(30(40)46)26(36)33(25,43-15-17-8-3-1-4-9-17)19-12-7-13-20(14-19)34(44-16-18-10-5-2-6-11-18)27(37)23(31(41)47)24(28(34)38)32(42)48/h1-14,21-24H,15-16H2,(H2-2,39,40,41,42,45,46,47,48)/p+2. The van der Waals surface area contributed by atoms with Gasteiger partial charge in [0.25, 0.3) is 0 Å². The van der Waals surface area contributed by atoms with Gasteiger partial charge < -0.3 is 0 Å². The third-order valence-corrected chi connectivity index (χ3v) is 9.24. The topological polar surface area (TPSA) is 155 Å². The molecule has 0 bridgehead atoms. The summed E-state index contributed by atoms with van der Waals surface area (Å²) in [6.07, 6.45) is 0. The third-order valence-electron chi connectivity index (χ3n) is 8.13. The summed E-state index contributed by atoms with van der Waals surface area (Å²) in [5, 5.41) is -4.37. The van der Waals surface area contributed by atoms with E-state index < -0.39 is 77.1 Å². The van der Waals surface area contributed by atoms with Crippen LogP contribution in [0.4, 0.5) is 11.4 Å². The van der Waals surface area contributed by atoms with Crippen molar-refractivity contribution in [3.8, 4) is 0 Å². The van der Waals surface area contributed by atoms with E-state index >= 15 is 0 Å². The van der Waals surface area contributed by atoms with Gasteiger partial charge in [0.15, 0.2) is 35.0 Å². The van der Waals surface area contributed by atoms with Crippen molar-refractivity contribution in [1.82, 2.24) is 9.29 Å². The molecule has 2 fully saturated rings. The Morgan fingerprint density at radius 1 is 0.479 bits per heavy atom. The molecule has 2 heterocycles. The Balaban J connectivity index is 1.73. The molecule has 2 aliphatic heterocycles. The zero-order valence-electron chi connectivity index (χ0n) is 24.6. The predicted octanol–water partition coefficient (Wildman–Crippen LogP) is 2.99. The van der Waals surface area contributed by atoms with Crippen LogP contribution in [-0.2, 0) is 61.2 Å². The van der Waals surface area contributed by atoms with Crippen molar-refractivity contribution in [2.45, 2.75) is 13.2 Å². The highest BCUT2D eigenvalue weighted by atomic mass is 32.1. The molecule has 12 nitrogen and oxygen atoms in total. The van der Waals surface area contributed by atoms with Gasteiger partial charge in [-0.3, -0.25) is 19.2 Å². The first-order valence-electron chi connectivity index (χ1n) is 14.1. The average molecular weight is 727 g/mol. The second-order valence-corrected chi connectivity index (χ2v) is 12.6. The molecule has 2 aliphatic rings. The SMILES string of the molecule is O=C(S)C1C(=O)[N+](OCc2ccccc2)(c2cccc([N+]3(OCc4ccccc4)C(=O)C(C(=O)S)C(C(=O)S)C3=O)c2)C(=O)C1C(=O)S. The highest BCUT2D eigenvalue weighted by Crippen LogP contribution is 2.46. The number of imide groups is 2.